The zero-order valence-electron chi connectivity index (χ0n) is 18.3. The predicted octanol–water partition coefficient (Wildman–Crippen LogP) is 4.98. The fraction of sp³-hybridized carbons (Fsp3) is 0.200. The van der Waals surface area contributed by atoms with Gasteiger partial charge in [0.15, 0.2) is 4.32 Å². The number of hydrogen-bond acceptors (Lipinski definition) is 6. The van der Waals surface area contributed by atoms with E-state index in [4.69, 9.17) is 12.2 Å². The molecule has 5 rings (SSSR count). The lowest BCUT2D eigenvalue weighted by atomic mass is 10.0. The molecule has 2 aliphatic heterocycles. The summed E-state index contributed by atoms with van der Waals surface area (Å²) >= 11 is 8.76. The van der Waals surface area contributed by atoms with E-state index in [0.29, 0.717) is 27.0 Å². The molecule has 0 saturated carbocycles. The topological polar surface area (TPSA) is 67.2 Å². The van der Waals surface area contributed by atoms with E-state index in [-0.39, 0.29) is 11.8 Å². The summed E-state index contributed by atoms with van der Waals surface area (Å²) in [5, 5.41) is 2.93. The fourth-order valence-corrected chi connectivity index (χ4v) is 6.45. The Morgan fingerprint density at radius 2 is 1.97 bits per heavy atom. The number of aromatic nitrogens is 2. The number of carbonyl (C=O) groups excluding carboxylic acids is 2. The monoisotopic (exact) mass is 506 g/mol. The lowest BCUT2D eigenvalue weighted by Crippen LogP contribution is -2.28. The number of hydrogen-bond donors (Lipinski definition) is 1. The number of thioether (sulfide) groups is 2. The van der Waals surface area contributed by atoms with E-state index in [9.17, 15) is 9.59 Å². The van der Waals surface area contributed by atoms with Crippen LogP contribution in [0.4, 0.5) is 5.69 Å². The first-order valence-electron chi connectivity index (χ1n) is 11.0. The molecule has 1 saturated heterocycles. The molecule has 1 aromatic heterocycles. The molecular weight excluding hydrogens is 485 g/mol. The van der Waals surface area contributed by atoms with Crippen molar-refractivity contribution in [3.8, 4) is 0 Å². The highest BCUT2D eigenvalue weighted by atomic mass is 32.2. The van der Waals surface area contributed by atoms with Crippen LogP contribution in [0.25, 0.3) is 5.57 Å². The number of aryl methyl sites for hydroxylation is 1. The highest BCUT2D eigenvalue weighted by Crippen LogP contribution is 2.45. The van der Waals surface area contributed by atoms with Crippen LogP contribution >= 0.6 is 35.7 Å². The van der Waals surface area contributed by atoms with Gasteiger partial charge in [-0.3, -0.25) is 14.5 Å². The van der Waals surface area contributed by atoms with Crippen molar-refractivity contribution in [1.82, 2.24) is 14.9 Å². The van der Waals surface area contributed by atoms with Gasteiger partial charge in [0.05, 0.1) is 16.9 Å². The summed E-state index contributed by atoms with van der Waals surface area (Å²) in [6.07, 6.45) is 7.05. The number of fused-ring (bicyclic) bond motifs is 1. The smallest absolute Gasteiger partial charge is 0.271 e. The molecule has 1 fully saturated rings. The summed E-state index contributed by atoms with van der Waals surface area (Å²) in [5.74, 6) is 0.715. The fourth-order valence-electron chi connectivity index (χ4n) is 4.00. The summed E-state index contributed by atoms with van der Waals surface area (Å²) in [7, 11) is 0. The van der Waals surface area contributed by atoms with Crippen molar-refractivity contribution in [2.24, 2.45) is 0 Å². The van der Waals surface area contributed by atoms with Crippen molar-refractivity contribution in [3.63, 3.8) is 0 Å². The molecule has 0 unspecified atom stereocenters. The SMILES string of the molecule is O=C(NCCCn1ccnc1)c1ccc(N2C(=O)/C(=C3\CCSc4ccccc43)SC2=S)cc1. The molecule has 1 N–H and O–H groups in total. The number of thiocarbonyl (C=S) groups is 1. The summed E-state index contributed by atoms with van der Waals surface area (Å²) in [5.41, 5.74) is 3.42. The van der Waals surface area contributed by atoms with Crippen molar-refractivity contribution >= 4 is 63.1 Å². The lowest BCUT2D eigenvalue weighted by molar-refractivity contribution is -0.113. The molecule has 9 heteroatoms. The third-order valence-corrected chi connectivity index (χ3v) is 8.18. The van der Waals surface area contributed by atoms with E-state index >= 15 is 0 Å². The van der Waals surface area contributed by atoms with Gasteiger partial charge in [-0.05, 0) is 54.3 Å². The Labute approximate surface area is 211 Å². The maximum Gasteiger partial charge on any atom is 0.271 e. The molecule has 0 bridgehead atoms. The van der Waals surface area contributed by atoms with Crippen molar-refractivity contribution in [2.75, 3.05) is 17.2 Å². The number of imidazole rings is 1. The second-order valence-electron chi connectivity index (χ2n) is 7.87. The van der Waals surface area contributed by atoms with Gasteiger partial charge in [0, 0.05) is 41.7 Å². The first-order chi connectivity index (χ1) is 16.6. The quantitative estimate of drug-likeness (QED) is 0.289. The number of carbonyl (C=O) groups is 2. The minimum Gasteiger partial charge on any atom is -0.352 e. The Morgan fingerprint density at radius 3 is 2.76 bits per heavy atom. The van der Waals surface area contributed by atoms with E-state index in [1.807, 2.05) is 34.7 Å². The Balaban J connectivity index is 1.27. The number of anilines is 1. The third-order valence-electron chi connectivity index (χ3n) is 5.69. The van der Waals surface area contributed by atoms with Crippen molar-refractivity contribution in [3.05, 3.63) is 83.3 Å². The highest BCUT2D eigenvalue weighted by molar-refractivity contribution is 8.27. The summed E-state index contributed by atoms with van der Waals surface area (Å²) < 4.78 is 2.49. The standard InChI is InChI=1S/C25H22N4O2S3/c30-23(27-11-3-13-28-14-12-26-16-28)17-6-8-18(9-7-17)29-24(31)22(34-25(29)32)20-10-15-33-21-5-2-1-4-19(20)21/h1-2,4-9,12,14,16H,3,10-11,13,15H2,(H,27,30)/b22-20-. The zero-order valence-corrected chi connectivity index (χ0v) is 20.7. The van der Waals surface area contributed by atoms with Crippen LogP contribution in [0.5, 0.6) is 0 Å². The second-order valence-corrected chi connectivity index (χ2v) is 10.6. The van der Waals surface area contributed by atoms with Crippen LogP contribution in [0.2, 0.25) is 0 Å². The van der Waals surface area contributed by atoms with Crippen LogP contribution in [0.1, 0.15) is 28.8 Å². The van der Waals surface area contributed by atoms with Crippen LogP contribution in [-0.2, 0) is 11.3 Å². The first kappa shape index (κ1) is 22.9. The van der Waals surface area contributed by atoms with E-state index in [0.717, 1.165) is 36.3 Å². The predicted molar refractivity (Wildman–Crippen MR) is 142 cm³/mol. The highest BCUT2D eigenvalue weighted by Gasteiger charge is 2.36. The average molecular weight is 507 g/mol. The minimum absolute atomic E-state index is 0.0941. The molecule has 2 aromatic carbocycles. The molecule has 6 nitrogen and oxygen atoms in total. The Bertz CT molecular complexity index is 1270. The number of benzene rings is 2. The second kappa shape index (κ2) is 10.2. The molecule has 34 heavy (non-hydrogen) atoms. The molecule has 0 radical (unpaired) electrons. The van der Waals surface area contributed by atoms with Crippen LogP contribution < -0.4 is 10.2 Å². The van der Waals surface area contributed by atoms with Crippen LogP contribution in [-0.4, -0.2) is 38.0 Å². The van der Waals surface area contributed by atoms with Gasteiger partial charge in [0.25, 0.3) is 11.8 Å². The van der Waals surface area contributed by atoms with Gasteiger partial charge in [0.2, 0.25) is 0 Å². The zero-order chi connectivity index (χ0) is 23.5. The van der Waals surface area contributed by atoms with E-state index in [1.165, 1.54) is 16.7 Å². The number of nitrogens with one attached hydrogen (secondary N) is 1. The van der Waals surface area contributed by atoms with Gasteiger partial charge >= 0.3 is 0 Å². The number of amides is 2. The van der Waals surface area contributed by atoms with Crippen LogP contribution in [0.3, 0.4) is 0 Å². The van der Waals surface area contributed by atoms with Crippen molar-refractivity contribution in [2.45, 2.75) is 24.3 Å². The van der Waals surface area contributed by atoms with Gasteiger partial charge in [-0.15, -0.1) is 11.8 Å². The first-order valence-corrected chi connectivity index (χ1v) is 13.2. The molecule has 2 aliphatic rings. The third kappa shape index (κ3) is 4.68. The maximum atomic E-state index is 13.4. The summed E-state index contributed by atoms with van der Waals surface area (Å²) in [4.78, 5) is 33.4. The Hall–Kier alpha value is -2.88. The maximum absolute atomic E-state index is 13.4. The van der Waals surface area contributed by atoms with Crippen LogP contribution in [0.15, 0.2) is 77.1 Å². The average Bonchev–Trinajstić information content (AvgIpc) is 3.49. The number of allylic oxidation sites excluding steroid dienone is 1. The summed E-state index contributed by atoms with van der Waals surface area (Å²) in [6, 6.07) is 15.2. The van der Waals surface area contributed by atoms with Gasteiger partial charge in [0.1, 0.15) is 0 Å². The number of nitrogens with zero attached hydrogens (tertiary/aromatic N) is 3. The van der Waals surface area contributed by atoms with Gasteiger partial charge in [-0.1, -0.05) is 42.2 Å². The van der Waals surface area contributed by atoms with Crippen LogP contribution in [0, 0.1) is 0 Å². The normalized spacial score (nSPS) is 17.7. The molecule has 0 spiro atoms. The largest absolute Gasteiger partial charge is 0.352 e. The van der Waals surface area contributed by atoms with Gasteiger partial charge in [-0.25, -0.2) is 4.98 Å². The van der Waals surface area contributed by atoms with Crippen molar-refractivity contribution in [1.29, 1.82) is 0 Å². The van der Waals surface area contributed by atoms with Gasteiger partial charge in [-0.2, -0.15) is 0 Å². The Morgan fingerprint density at radius 1 is 1.15 bits per heavy atom. The number of rotatable bonds is 6. The minimum atomic E-state index is -0.138. The molecular formula is C25H22N4O2S3. The van der Waals surface area contributed by atoms with E-state index < -0.39 is 0 Å². The molecule has 0 aliphatic carbocycles. The molecule has 2 amide bonds. The molecule has 3 heterocycles. The van der Waals surface area contributed by atoms with Gasteiger partial charge < -0.3 is 9.88 Å². The van der Waals surface area contributed by atoms with E-state index in [2.05, 4.69) is 22.4 Å². The van der Waals surface area contributed by atoms with E-state index in [1.54, 1.807) is 41.7 Å². The molecule has 0 atom stereocenters. The molecule has 172 valence electrons. The van der Waals surface area contributed by atoms with Crippen molar-refractivity contribution < 1.29 is 9.59 Å². The Kier molecular flexibility index (Phi) is 6.85. The summed E-state index contributed by atoms with van der Waals surface area (Å²) in [6.45, 7) is 1.37. The lowest BCUT2D eigenvalue weighted by Gasteiger charge is -2.20. The molecule has 3 aromatic rings.